The van der Waals surface area contributed by atoms with E-state index in [4.69, 9.17) is 0 Å². The summed E-state index contributed by atoms with van der Waals surface area (Å²) < 4.78 is 0. The summed E-state index contributed by atoms with van der Waals surface area (Å²) in [4.78, 5) is 38.3. The minimum absolute atomic E-state index is 0.00592. The number of aromatic hydroxyl groups is 1. The van der Waals surface area contributed by atoms with Crippen molar-refractivity contribution in [1.29, 1.82) is 0 Å². The van der Waals surface area contributed by atoms with Gasteiger partial charge in [0.1, 0.15) is 23.2 Å². The van der Waals surface area contributed by atoms with Crippen LogP contribution in [0.3, 0.4) is 0 Å². The number of amides is 1. The van der Waals surface area contributed by atoms with Crippen LogP contribution in [0.25, 0.3) is 0 Å². The van der Waals surface area contributed by atoms with Crippen LogP contribution in [0.15, 0.2) is 78.9 Å². The van der Waals surface area contributed by atoms with Crippen molar-refractivity contribution in [1.82, 2.24) is 4.90 Å². The van der Waals surface area contributed by atoms with Gasteiger partial charge < -0.3 is 25.5 Å². The van der Waals surface area contributed by atoms with Gasteiger partial charge in [-0.15, -0.1) is 11.8 Å². The van der Waals surface area contributed by atoms with E-state index in [1.54, 1.807) is 42.5 Å². The van der Waals surface area contributed by atoms with Crippen molar-refractivity contribution in [2.24, 2.45) is 0 Å². The Labute approximate surface area is 212 Å². The molecule has 2 unspecified atom stereocenters. The van der Waals surface area contributed by atoms with E-state index >= 15 is 0 Å². The Balaban J connectivity index is 1.50. The van der Waals surface area contributed by atoms with Crippen molar-refractivity contribution in [3.05, 3.63) is 95.6 Å². The van der Waals surface area contributed by atoms with Gasteiger partial charge in [0.15, 0.2) is 0 Å². The number of aliphatic carboxylic acids is 2. The van der Waals surface area contributed by atoms with Crippen molar-refractivity contribution in [2.45, 2.75) is 30.3 Å². The normalized spacial score (nSPS) is 17.9. The van der Waals surface area contributed by atoms with Crippen LogP contribution in [0.2, 0.25) is 0 Å². The van der Waals surface area contributed by atoms with Crippen molar-refractivity contribution in [3.63, 3.8) is 0 Å². The molecule has 1 fully saturated rings. The second kappa shape index (κ2) is 11.2. The summed E-state index contributed by atoms with van der Waals surface area (Å²) in [5, 5.41) is 32.0. The minimum Gasteiger partial charge on any atom is -0.508 e. The van der Waals surface area contributed by atoms with Gasteiger partial charge in [0.25, 0.3) is 5.91 Å². The highest BCUT2D eigenvalue weighted by molar-refractivity contribution is 7.99. The zero-order chi connectivity index (χ0) is 25.7. The second-order valence-electron chi connectivity index (χ2n) is 8.45. The van der Waals surface area contributed by atoms with Crippen LogP contribution in [0.5, 0.6) is 5.75 Å². The van der Waals surface area contributed by atoms with Gasteiger partial charge in [-0.1, -0.05) is 48.5 Å². The van der Waals surface area contributed by atoms with Crippen molar-refractivity contribution in [2.75, 3.05) is 11.1 Å². The highest BCUT2D eigenvalue weighted by atomic mass is 32.2. The Hall–Kier alpha value is -3.98. The van der Waals surface area contributed by atoms with E-state index < -0.39 is 35.3 Å². The van der Waals surface area contributed by atoms with Crippen molar-refractivity contribution >= 4 is 35.3 Å². The lowest BCUT2D eigenvalue weighted by Crippen LogP contribution is -2.43. The number of aryl methyl sites for hydroxylation is 1. The van der Waals surface area contributed by atoms with E-state index in [-0.39, 0.29) is 17.1 Å². The molecule has 0 aromatic heterocycles. The fourth-order valence-electron chi connectivity index (χ4n) is 4.15. The van der Waals surface area contributed by atoms with E-state index in [9.17, 15) is 29.7 Å². The van der Waals surface area contributed by atoms with Crippen LogP contribution in [-0.4, -0.2) is 55.9 Å². The van der Waals surface area contributed by atoms with E-state index in [0.717, 1.165) is 5.56 Å². The Morgan fingerprint density at radius 3 is 2.25 bits per heavy atom. The molecule has 0 aliphatic carbocycles. The fraction of sp³-hybridized carbons (Fsp3) is 0.222. The molecule has 4 rings (SSSR count). The van der Waals surface area contributed by atoms with Gasteiger partial charge in [0, 0.05) is 22.6 Å². The standard InChI is InChI=1S/C27H26N2O6S/c30-23-9-5-4-8-20(23)25-29(22(16-36-25)27(34)35)24(31)18-11-13-19(14-12-18)28-21(26(32)33)15-10-17-6-2-1-3-7-17/h1-9,11-14,21-22,25,28,30H,10,15-16H2,(H,32,33)(H,34,35)/t21?,22-,25?/m0/s1. The Kier molecular flexibility index (Phi) is 7.80. The quantitative estimate of drug-likeness (QED) is 0.340. The lowest BCUT2D eigenvalue weighted by molar-refractivity contribution is -0.141. The number of hydrogen-bond donors (Lipinski definition) is 4. The molecule has 0 spiro atoms. The average molecular weight is 507 g/mol. The van der Waals surface area contributed by atoms with Crippen LogP contribution in [0.1, 0.15) is 33.3 Å². The minimum atomic E-state index is -1.12. The molecule has 0 bridgehead atoms. The molecule has 0 radical (unpaired) electrons. The van der Waals surface area contributed by atoms with Gasteiger partial charge in [-0.05, 0) is 48.7 Å². The van der Waals surface area contributed by atoms with Crippen LogP contribution in [0.4, 0.5) is 5.69 Å². The topological polar surface area (TPSA) is 127 Å². The van der Waals surface area contributed by atoms with Crippen molar-refractivity contribution < 1.29 is 29.7 Å². The van der Waals surface area contributed by atoms with Gasteiger partial charge in [0.2, 0.25) is 0 Å². The summed E-state index contributed by atoms with van der Waals surface area (Å²) in [5.41, 5.74) is 2.32. The third-order valence-corrected chi connectivity index (χ3v) is 7.36. The maximum atomic E-state index is 13.4. The first-order valence-electron chi connectivity index (χ1n) is 11.4. The van der Waals surface area contributed by atoms with Gasteiger partial charge in [-0.3, -0.25) is 4.79 Å². The Morgan fingerprint density at radius 1 is 0.944 bits per heavy atom. The molecule has 1 aliphatic heterocycles. The van der Waals surface area contributed by atoms with E-state index in [2.05, 4.69) is 5.32 Å². The van der Waals surface area contributed by atoms with Crippen LogP contribution in [0, 0.1) is 0 Å². The summed E-state index contributed by atoms with van der Waals surface area (Å²) >= 11 is 1.28. The molecule has 0 saturated carbocycles. The molecular formula is C27H26N2O6S. The number of carbonyl (C=O) groups is 3. The summed E-state index contributed by atoms with van der Waals surface area (Å²) in [7, 11) is 0. The first-order chi connectivity index (χ1) is 17.3. The molecular weight excluding hydrogens is 480 g/mol. The number of carboxylic acid groups (broad SMARTS) is 2. The van der Waals surface area contributed by atoms with Gasteiger partial charge in [-0.25, -0.2) is 9.59 Å². The average Bonchev–Trinajstić information content (AvgIpc) is 3.32. The number of anilines is 1. The number of carbonyl (C=O) groups excluding carboxylic acids is 1. The van der Waals surface area contributed by atoms with E-state index in [1.165, 1.54) is 22.7 Å². The smallest absolute Gasteiger partial charge is 0.327 e. The van der Waals surface area contributed by atoms with Crippen LogP contribution >= 0.6 is 11.8 Å². The third-order valence-electron chi connectivity index (χ3n) is 6.06. The van der Waals surface area contributed by atoms with E-state index in [1.807, 2.05) is 30.3 Å². The maximum Gasteiger partial charge on any atom is 0.327 e. The first kappa shape index (κ1) is 25.1. The number of para-hydroxylation sites is 1. The predicted molar refractivity (Wildman–Crippen MR) is 137 cm³/mol. The van der Waals surface area contributed by atoms with E-state index in [0.29, 0.717) is 24.1 Å². The summed E-state index contributed by atoms with van der Waals surface area (Å²) in [5.74, 6) is -2.38. The number of nitrogens with zero attached hydrogens (tertiary/aromatic N) is 1. The number of rotatable bonds is 9. The largest absolute Gasteiger partial charge is 0.508 e. The molecule has 186 valence electrons. The summed E-state index contributed by atoms with van der Waals surface area (Å²) in [6.07, 6.45) is 0.978. The van der Waals surface area contributed by atoms with Gasteiger partial charge >= 0.3 is 11.9 Å². The molecule has 3 aromatic carbocycles. The maximum absolute atomic E-state index is 13.4. The SMILES string of the molecule is O=C(O)C(CCc1ccccc1)Nc1ccc(C(=O)N2C(c3ccccc3O)SC[C@H]2C(=O)O)cc1. The molecule has 1 aliphatic rings. The van der Waals surface area contributed by atoms with Gasteiger partial charge in [0.05, 0.1) is 0 Å². The molecule has 36 heavy (non-hydrogen) atoms. The molecule has 8 nitrogen and oxygen atoms in total. The third kappa shape index (κ3) is 5.63. The molecule has 3 aromatic rings. The second-order valence-corrected chi connectivity index (χ2v) is 9.56. The van der Waals surface area contributed by atoms with Crippen molar-refractivity contribution in [3.8, 4) is 5.75 Å². The number of carboxylic acids is 2. The molecule has 1 saturated heterocycles. The molecule has 3 atom stereocenters. The van der Waals surface area contributed by atoms with Crippen LogP contribution < -0.4 is 5.32 Å². The summed E-state index contributed by atoms with van der Waals surface area (Å²) in [6, 6.07) is 20.6. The number of thioether (sulfide) groups is 1. The number of benzene rings is 3. The summed E-state index contributed by atoms with van der Waals surface area (Å²) in [6.45, 7) is 0. The predicted octanol–water partition coefficient (Wildman–Crippen LogP) is 4.23. The number of nitrogens with one attached hydrogen (secondary N) is 1. The zero-order valence-electron chi connectivity index (χ0n) is 19.3. The molecule has 9 heteroatoms. The lowest BCUT2D eigenvalue weighted by atomic mass is 10.0. The number of phenols is 1. The highest BCUT2D eigenvalue weighted by Gasteiger charge is 2.43. The van der Waals surface area contributed by atoms with Crippen LogP contribution in [-0.2, 0) is 16.0 Å². The first-order valence-corrected chi connectivity index (χ1v) is 12.5. The molecule has 1 amide bonds. The fourth-order valence-corrected chi connectivity index (χ4v) is 5.60. The zero-order valence-corrected chi connectivity index (χ0v) is 20.1. The number of hydrogen-bond acceptors (Lipinski definition) is 6. The lowest BCUT2D eigenvalue weighted by Gasteiger charge is -2.28. The monoisotopic (exact) mass is 506 g/mol. The molecule has 1 heterocycles. The highest BCUT2D eigenvalue weighted by Crippen LogP contribution is 2.45. The van der Waals surface area contributed by atoms with Gasteiger partial charge in [-0.2, -0.15) is 0 Å². The Bertz CT molecular complexity index is 1230. The Morgan fingerprint density at radius 2 is 1.61 bits per heavy atom. The number of phenolic OH excluding ortho intramolecular Hbond substituents is 1. The molecule has 4 N–H and O–H groups in total.